The van der Waals surface area contributed by atoms with Crippen LogP contribution in [0.3, 0.4) is 0 Å². The Kier molecular flexibility index (Phi) is 14.2. The van der Waals surface area contributed by atoms with Crippen molar-refractivity contribution >= 4 is 53.4 Å². The van der Waals surface area contributed by atoms with Crippen LogP contribution < -0.4 is 42.6 Å². The predicted octanol–water partition coefficient (Wildman–Crippen LogP) is 4.91. The molecule has 14 heteroatoms. The molecule has 0 bridgehead atoms. The molecule has 46 heavy (non-hydrogen) atoms. The van der Waals surface area contributed by atoms with Gasteiger partial charge in [-0.1, -0.05) is 35.9 Å². The molecule has 0 atom stereocenters. The third-order valence-electron chi connectivity index (χ3n) is 7.81. The summed E-state index contributed by atoms with van der Waals surface area (Å²) in [6, 6.07) is 20.0. The number of hydrogen-bond acceptors (Lipinski definition) is 12. The van der Waals surface area contributed by atoms with Crippen LogP contribution in [0.4, 0.5) is 29.4 Å². The van der Waals surface area contributed by atoms with Crippen LogP contribution in [0.1, 0.15) is 48.6 Å². The molecule has 2 aliphatic heterocycles. The number of ether oxygens (including phenoxy) is 2. The Morgan fingerprint density at radius 1 is 0.674 bits per heavy atom. The molecule has 0 spiro atoms. The number of nitrogens with one attached hydrogen (secondary N) is 1. The summed E-state index contributed by atoms with van der Waals surface area (Å²) < 4.78 is 10.4. The largest absolute Gasteiger partial charge is 0.497 e. The van der Waals surface area contributed by atoms with Crippen molar-refractivity contribution in [3.05, 3.63) is 76.9 Å². The highest BCUT2D eigenvalue weighted by atomic mass is 35.5. The van der Waals surface area contributed by atoms with E-state index in [-0.39, 0.29) is 35.3 Å². The van der Waals surface area contributed by atoms with Crippen LogP contribution in [0.2, 0.25) is 5.15 Å². The molecule has 0 saturated carbocycles. The molecule has 2 fully saturated rings. The van der Waals surface area contributed by atoms with Crippen LogP contribution in [-0.4, -0.2) is 60.3 Å². The molecule has 0 radical (unpaired) electrons. The molecule has 2 aromatic carbocycles. The normalized spacial score (nSPS) is 14.9. The van der Waals surface area contributed by atoms with Crippen LogP contribution in [0, 0.1) is 0 Å². The first-order valence-electron chi connectivity index (χ1n) is 14.9. The number of aromatic nitrogens is 4. The monoisotopic (exact) mass is 670 g/mol. The van der Waals surface area contributed by atoms with Gasteiger partial charge in [0.1, 0.15) is 34.1 Å². The standard InChI is InChI=1S/C16H21N5O.C12H17NO.C4H5ClN4.ClH/c1-22-13-4-2-11(3-5-13)12-6-8-21(9-7-12)15-10-14(17)19-16(18)20-15;1-14-12-4-2-10(3-5-12)11-6-8-13-9-7-11;5-2-1-3(6)9-4(7)8-2;/h2-5,10,12H,6-9H2,1H3,(H4,17,18,19,20);2-5,11,13H,6-9H2,1H3;1H,(H4,6,7,8,9);1H. The van der Waals surface area contributed by atoms with Gasteiger partial charge in [-0.05, 0) is 86.0 Å². The van der Waals surface area contributed by atoms with E-state index in [0.717, 1.165) is 62.3 Å². The van der Waals surface area contributed by atoms with Crippen LogP contribution in [0.15, 0.2) is 60.7 Å². The molecule has 2 aliphatic rings. The van der Waals surface area contributed by atoms with Crippen molar-refractivity contribution in [2.45, 2.75) is 37.5 Å². The highest BCUT2D eigenvalue weighted by molar-refractivity contribution is 6.29. The zero-order valence-electron chi connectivity index (χ0n) is 26.2. The number of halogens is 2. The molecule has 12 nitrogen and oxygen atoms in total. The minimum Gasteiger partial charge on any atom is -0.497 e. The van der Waals surface area contributed by atoms with Crippen LogP contribution in [0.5, 0.6) is 11.5 Å². The number of piperidine rings is 2. The minimum absolute atomic E-state index is 0. The number of hydrogen-bond donors (Lipinski definition) is 5. The summed E-state index contributed by atoms with van der Waals surface area (Å²) >= 11 is 5.44. The molecule has 4 aromatic rings. The van der Waals surface area contributed by atoms with Gasteiger partial charge in [-0.25, -0.2) is 4.98 Å². The molecular formula is C32H44Cl2N10O2. The van der Waals surface area contributed by atoms with E-state index in [4.69, 9.17) is 44.0 Å². The second kappa shape index (κ2) is 18.0. The Morgan fingerprint density at radius 3 is 1.57 bits per heavy atom. The maximum atomic E-state index is 5.74. The summed E-state index contributed by atoms with van der Waals surface area (Å²) in [7, 11) is 3.39. The average Bonchev–Trinajstić information content (AvgIpc) is 3.05. The fourth-order valence-corrected chi connectivity index (χ4v) is 5.63. The summed E-state index contributed by atoms with van der Waals surface area (Å²) in [5.41, 5.74) is 24.6. The molecule has 9 N–H and O–H groups in total. The van der Waals surface area contributed by atoms with Gasteiger partial charge in [0.05, 0.1) is 14.2 Å². The van der Waals surface area contributed by atoms with Crippen molar-refractivity contribution in [2.75, 3.05) is 68.2 Å². The Labute approximate surface area is 281 Å². The van der Waals surface area contributed by atoms with Crippen LogP contribution in [-0.2, 0) is 0 Å². The van der Waals surface area contributed by atoms with E-state index in [1.54, 1.807) is 20.3 Å². The lowest BCUT2D eigenvalue weighted by atomic mass is 9.89. The summed E-state index contributed by atoms with van der Waals surface area (Å²) in [6.45, 7) is 4.17. The van der Waals surface area contributed by atoms with Gasteiger partial charge in [-0.15, -0.1) is 12.4 Å². The lowest BCUT2D eigenvalue weighted by molar-refractivity contribution is 0.413. The number of anilines is 5. The number of methoxy groups -OCH3 is 2. The second-order valence-corrected chi connectivity index (χ2v) is 11.2. The predicted molar refractivity (Wildman–Crippen MR) is 189 cm³/mol. The molecule has 248 valence electrons. The molecular weight excluding hydrogens is 627 g/mol. The second-order valence-electron chi connectivity index (χ2n) is 10.8. The SMILES string of the molecule is COc1ccc(C2CCN(c3cc(N)nc(N)n3)CC2)cc1.COc1ccc(C2CCNCC2)cc1.Cl.Nc1cc(Cl)nc(N)n1. The van der Waals surface area contributed by atoms with E-state index in [9.17, 15) is 0 Å². The highest BCUT2D eigenvalue weighted by Crippen LogP contribution is 2.31. The molecule has 0 amide bonds. The average molecular weight is 672 g/mol. The zero-order chi connectivity index (χ0) is 32.2. The third-order valence-corrected chi connectivity index (χ3v) is 8.01. The number of nitrogens with zero attached hydrogens (tertiary/aromatic N) is 5. The number of benzene rings is 2. The van der Waals surface area contributed by atoms with Gasteiger partial charge in [0.2, 0.25) is 11.9 Å². The Hall–Kier alpha value is -4.26. The Morgan fingerprint density at radius 2 is 1.13 bits per heavy atom. The Balaban J connectivity index is 0.000000205. The lowest BCUT2D eigenvalue weighted by Crippen LogP contribution is -2.33. The van der Waals surface area contributed by atoms with Gasteiger partial charge >= 0.3 is 0 Å². The topological polar surface area (TPSA) is 189 Å². The third kappa shape index (κ3) is 11.0. The number of nitrogen functional groups attached to an aromatic ring is 4. The van der Waals surface area contributed by atoms with Gasteiger partial charge in [-0.3, -0.25) is 0 Å². The van der Waals surface area contributed by atoms with E-state index in [1.807, 2.05) is 12.1 Å². The van der Waals surface area contributed by atoms with Gasteiger partial charge in [0.25, 0.3) is 0 Å². The van der Waals surface area contributed by atoms with E-state index < -0.39 is 0 Å². The first kappa shape index (κ1) is 36.2. The maximum Gasteiger partial charge on any atom is 0.223 e. The first-order valence-corrected chi connectivity index (χ1v) is 15.3. The molecule has 2 aromatic heterocycles. The lowest BCUT2D eigenvalue weighted by Gasteiger charge is -2.33. The van der Waals surface area contributed by atoms with E-state index in [1.165, 1.54) is 30.0 Å². The quantitative estimate of drug-likeness (QED) is 0.181. The smallest absolute Gasteiger partial charge is 0.223 e. The fourth-order valence-electron chi connectivity index (χ4n) is 5.44. The van der Waals surface area contributed by atoms with E-state index in [0.29, 0.717) is 11.7 Å². The van der Waals surface area contributed by atoms with Crippen LogP contribution >= 0.6 is 24.0 Å². The minimum atomic E-state index is 0. The van der Waals surface area contributed by atoms with Gasteiger partial charge < -0.3 is 42.6 Å². The van der Waals surface area contributed by atoms with Crippen molar-refractivity contribution in [3.8, 4) is 11.5 Å². The van der Waals surface area contributed by atoms with Crippen LogP contribution in [0.25, 0.3) is 0 Å². The number of nitrogens with two attached hydrogens (primary N) is 4. The maximum absolute atomic E-state index is 5.74. The summed E-state index contributed by atoms with van der Waals surface area (Å²) in [5, 5.41) is 3.65. The number of rotatable bonds is 5. The van der Waals surface area contributed by atoms with Crippen molar-refractivity contribution in [1.82, 2.24) is 25.3 Å². The fraction of sp³-hybridized carbons (Fsp3) is 0.375. The van der Waals surface area contributed by atoms with E-state index in [2.05, 4.69) is 66.6 Å². The summed E-state index contributed by atoms with van der Waals surface area (Å²) in [6.07, 6.45) is 4.67. The first-order chi connectivity index (χ1) is 21.7. The van der Waals surface area contributed by atoms with Gasteiger partial charge in [0, 0.05) is 25.2 Å². The van der Waals surface area contributed by atoms with Gasteiger partial charge in [-0.2, -0.15) is 15.0 Å². The highest BCUT2D eigenvalue weighted by Gasteiger charge is 2.22. The van der Waals surface area contributed by atoms with Crippen molar-refractivity contribution in [2.24, 2.45) is 0 Å². The van der Waals surface area contributed by atoms with Crippen molar-refractivity contribution in [1.29, 1.82) is 0 Å². The molecule has 6 rings (SSSR count). The molecule has 0 aliphatic carbocycles. The zero-order valence-corrected chi connectivity index (χ0v) is 27.8. The van der Waals surface area contributed by atoms with Crippen molar-refractivity contribution < 1.29 is 9.47 Å². The molecule has 0 unspecified atom stereocenters. The molecule has 2 saturated heterocycles. The van der Waals surface area contributed by atoms with Crippen molar-refractivity contribution in [3.63, 3.8) is 0 Å². The summed E-state index contributed by atoms with van der Waals surface area (Å²) in [4.78, 5) is 17.6. The van der Waals surface area contributed by atoms with E-state index >= 15 is 0 Å². The Bertz CT molecular complexity index is 1410. The van der Waals surface area contributed by atoms with Gasteiger partial charge in [0.15, 0.2) is 0 Å². The summed E-state index contributed by atoms with van der Waals surface area (Å²) in [5.74, 6) is 4.99. The molecule has 4 heterocycles.